The number of carbonyl (C=O) groups is 2. The zero-order chi connectivity index (χ0) is 10.4. The predicted octanol–water partition coefficient (Wildman–Crippen LogP) is -0.439. The standard InChI is InChI=1S/C8H16N2O3/c1-5(2)7(11)10-4-3-6(9)8(12)13/h5-6H,3-4,9H2,1-2H3,(H,10,11)(H,12,13)/t6-/m0/s1. The van der Waals surface area contributed by atoms with Crippen LogP contribution in [0.25, 0.3) is 0 Å². The van der Waals surface area contributed by atoms with Crippen molar-refractivity contribution in [2.75, 3.05) is 6.54 Å². The lowest BCUT2D eigenvalue weighted by atomic mass is 10.2. The number of nitrogens with two attached hydrogens (primary N) is 1. The first kappa shape index (κ1) is 11.9. The lowest BCUT2D eigenvalue weighted by Gasteiger charge is -2.09. The number of hydrogen-bond acceptors (Lipinski definition) is 3. The van der Waals surface area contributed by atoms with Crippen molar-refractivity contribution in [3.8, 4) is 0 Å². The second-order valence-electron chi connectivity index (χ2n) is 3.18. The molecule has 1 atom stereocenters. The van der Waals surface area contributed by atoms with E-state index in [4.69, 9.17) is 10.8 Å². The van der Waals surface area contributed by atoms with Gasteiger partial charge in [-0.3, -0.25) is 9.59 Å². The summed E-state index contributed by atoms with van der Waals surface area (Å²) in [5.41, 5.74) is 5.23. The molecule has 5 heteroatoms. The summed E-state index contributed by atoms with van der Waals surface area (Å²) in [6.07, 6.45) is 0.258. The molecule has 0 saturated carbocycles. The van der Waals surface area contributed by atoms with Gasteiger partial charge in [0.1, 0.15) is 6.04 Å². The van der Waals surface area contributed by atoms with Gasteiger partial charge in [0.25, 0.3) is 0 Å². The van der Waals surface area contributed by atoms with Gasteiger partial charge in [-0.15, -0.1) is 0 Å². The van der Waals surface area contributed by atoms with Crippen molar-refractivity contribution >= 4 is 11.9 Å². The van der Waals surface area contributed by atoms with Crippen LogP contribution in [0.5, 0.6) is 0 Å². The lowest BCUT2D eigenvalue weighted by Crippen LogP contribution is -2.36. The Morgan fingerprint density at radius 2 is 2.00 bits per heavy atom. The number of carboxylic acid groups (broad SMARTS) is 1. The molecule has 5 nitrogen and oxygen atoms in total. The number of aliphatic carboxylic acids is 1. The molecule has 0 aliphatic carbocycles. The maximum atomic E-state index is 11.0. The Morgan fingerprint density at radius 3 is 2.38 bits per heavy atom. The molecular weight excluding hydrogens is 172 g/mol. The molecule has 0 aromatic carbocycles. The summed E-state index contributed by atoms with van der Waals surface area (Å²) in [5, 5.41) is 11.0. The smallest absolute Gasteiger partial charge is 0.320 e. The summed E-state index contributed by atoms with van der Waals surface area (Å²) < 4.78 is 0. The molecule has 0 spiro atoms. The molecule has 0 fully saturated rings. The van der Waals surface area contributed by atoms with E-state index in [1.807, 2.05) is 0 Å². The van der Waals surface area contributed by atoms with Gasteiger partial charge in [-0.1, -0.05) is 13.8 Å². The SMILES string of the molecule is CC(C)C(=O)NCC[C@H](N)C(=O)O. The molecule has 0 aliphatic heterocycles. The molecule has 0 bridgehead atoms. The molecule has 0 aromatic heterocycles. The Balaban J connectivity index is 3.56. The van der Waals surface area contributed by atoms with Crippen LogP contribution in [0.4, 0.5) is 0 Å². The van der Waals surface area contributed by atoms with E-state index in [1.165, 1.54) is 0 Å². The van der Waals surface area contributed by atoms with Crippen LogP contribution in [-0.2, 0) is 9.59 Å². The van der Waals surface area contributed by atoms with Crippen molar-refractivity contribution in [3.63, 3.8) is 0 Å². The topological polar surface area (TPSA) is 92.4 Å². The fourth-order valence-corrected chi connectivity index (χ4v) is 0.678. The third-order valence-corrected chi connectivity index (χ3v) is 1.60. The molecule has 0 radical (unpaired) electrons. The van der Waals surface area contributed by atoms with Gasteiger partial charge >= 0.3 is 5.97 Å². The van der Waals surface area contributed by atoms with E-state index in [0.717, 1.165) is 0 Å². The molecule has 76 valence electrons. The summed E-state index contributed by atoms with van der Waals surface area (Å²) >= 11 is 0. The maximum absolute atomic E-state index is 11.0. The van der Waals surface area contributed by atoms with Crippen LogP contribution in [0.3, 0.4) is 0 Å². The van der Waals surface area contributed by atoms with Crippen LogP contribution in [0.1, 0.15) is 20.3 Å². The Hall–Kier alpha value is -1.10. The van der Waals surface area contributed by atoms with E-state index in [9.17, 15) is 9.59 Å². The minimum Gasteiger partial charge on any atom is -0.480 e. The average molecular weight is 188 g/mol. The summed E-state index contributed by atoms with van der Waals surface area (Å²) in [4.78, 5) is 21.3. The predicted molar refractivity (Wildman–Crippen MR) is 48.1 cm³/mol. The first-order valence-corrected chi connectivity index (χ1v) is 4.21. The quantitative estimate of drug-likeness (QED) is 0.545. The van der Waals surface area contributed by atoms with Gasteiger partial charge in [0, 0.05) is 12.5 Å². The highest BCUT2D eigenvalue weighted by molar-refractivity contribution is 5.78. The maximum Gasteiger partial charge on any atom is 0.320 e. The highest BCUT2D eigenvalue weighted by Gasteiger charge is 2.12. The lowest BCUT2D eigenvalue weighted by molar-refractivity contribution is -0.138. The van der Waals surface area contributed by atoms with E-state index in [2.05, 4.69) is 5.32 Å². The fraction of sp³-hybridized carbons (Fsp3) is 0.750. The molecule has 0 unspecified atom stereocenters. The molecular formula is C8H16N2O3. The molecule has 0 rings (SSSR count). The molecule has 0 heterocycles. The normalized spacial score (nSPS) is 12.6. The van der Waals surface area contributed by atoms with Crippen LogP contribution < -0.4 is 11.1 Å². The summed E-state index contributed by atoms with van der Waals surface area (Å²) in [6, 6.07) is -0.896. The Kier molecular flexibility index (Phi) is 5.06. The fourth-order valence-electron chi connectivity index (χ4n) is 0.678. The first-order valence-electron chi connectivity index (χ1n) is 4.21. The summed E-state index contributed by atoms with van der Waals surface area (Å²) in [6.45, 7) is 3.85. The van der Waals surface area contributed by atoms with Gasteiger partial charge in [0.2, 0.25) is 5.91 Å². The highest BCUT2D eigenvalue weighted by Crippen LogP contribution is 1.91. The second kappa shape index (κ2) is 5.53. The van der Waals surface area contributed by atoms with Crippen LogP contribution >= 0.6 is 0 Å². The van der Waals surface area contributed by atoms with Gasteiger partial charge < -0.3 is 16.2 Å². The van der Waals surface area contributed by atoms with E-state index >= 15 is 0 Å². The summed E-state index contributed by atoms with van der Waals surface area (Å²) in [5.74, 6) is -1.21. The molecule has 4 N–H and O–H groups in total. The van der Waals surface area contributed by atoms with Crippen LogP contribution in [0, 0.1) is 5.92 Å². The van der Waals surface area contributed by atoms with Crippen molar-refractivity contribution < 1.29 is 14.7 Å². The zero-order valence-corrected chi connectivity index (χ0v) is 7.91. The van der Waals surface area contributed by atoms with Crippen molar-refractivity contribution in [1.82, 2.24) is 5.32 Å². The van der Waals surface area contributed by atoms with Gasteiger partial charge in [0.05, 0.1) is 0 Å². The molecule has 13 heavy (non-hydrogen) atoms. The number of nitrogens with one attached hydrogen (secondary N) is 1. The van der Waals surface area contributed by atoms with Crippen molar-refractivity contribution in [1.29, 1.82) is 0 Å². The minimum absolute atomic E-state index is 0.0824. The molecule has 0 saturated heterocycles. The van der Waals surface area contributed by atoms with Crippen molar-refractivity contribution in [2.45, 2.75) is 26.3 Å². The molecule has 0 aromatic rings. The third kappa shape index (κ3) is 5.19. The number of carboxylic acids is 1. The van der Waals surface area contributed by atoms with Crippen molar-refractivity contribution in [3.05, 3.63) is 0 Å². The second-order valence-corrected chi connectivity index (χ2v) is 3.18. The van der Waals surface area contributed by atoms with Crippen molar-refractivity contribution in [2.24, 2.45) is 11.7 Å². The largest absolute Gasteiger partial charge is 0.480 e. The van der Waals surface area contributed by atoms with Gasteiger partial charge in [-0.05, 0) is 6.42 Å². The summed E-state index contributed by atoms with van der Waals surface area (Å²) in [7, 11) is 0. The molecule has 0 aliphatic rings. The third-order valence-electron chi connectivity index (χ3n) is 1.60. The van der Waals surface area contributed by atoms with E-state index in [-0.39, 0.29) is 18.2 Å². The Bertz CT molecular complexity index is 192. The number of carbonyl (C=O) groups excluding carboxylic acids is 1. The number of amides is 1. The Morgan fingerprint density at radius 1 is 1.46 bits per heavy atom. The molecule has 1 amide bonds. The number of hydrogen-bond donors (Lipinski definition) is 3. The van der Waals surface area contributed by atoms with Gasteiger partial charge in [-0.25, -0.2) is 0 Å². The Labute approximate surface area is 77.3 Å². The van der Waals surface area contributed by atoms with Crippen LogP contribution in [0.15, 0.2) is 0 Å². The highest BCUT2D eigenvalue weighted by atomic mass is 16.4. The van der Waals surface area contributed by atoms with Crippen LogP contribution in [-0.4, -0.2) is 29.6 Å². The monoisotopic (exact) mass is 188 g/mol. The zero-order valence-electron chi connectivity index (χ0n) is 7.91. The first-order chi connectivity index (χ1) is 5.95. The minimum atomic E-state index is -1.04. The number of rotatable bonds is 5. The van der Waals surface area contributed by atoms with E-state index in [1.54, 1.807) is 13.8 Å². The average Bonchev–Trinajstić information content (AvgIpc) is 2.03. The van der Waals surface area contributed by atoms with E-state index < -0.39 is 12.0 Å². The van der Waals surface area contributed by atoms with E-state index in [0.29, 0.717) is 6.54 Å². The van der Waals surface area contributed by atoms with Gasteiger partial charge in [0.15, 0.2) is 0 Å². The van der Waals surface area contributed by atoms with Crippen LogP contribution in [0.2, 0.25) is 0 Å². The van der Waals surface area contributed by atoms with Gasteiger partial charge in [-0.2, -0.15) is 0 Å².